The Labute approximate surface area is 194 Å². The number of ether oxygens (including phenoxy) is 1. The van der Waals surface area contributed by atoms with Gasteiger partial charge >= 0.3 is 5.97 Å². The van der Waals surface area contributed by atoms with Crippen molar-refractivity contribution in [3.05, 3.63) is 64.1 Å². The number of rotatable bonds is 4. The number of hydrogen-bond donors (Lipinski definition) is 1. The number of nitrogens with zero attached hydrogens (tertiary/aromatic N) is 3. The summed E-state index contributed by atoms with van der Waals surface area (Å²) in [6, 6.07) is 10.0. The van der Waals surface area contributed by atoms with Crippen molar-refractivity contribution in [1.29, 1.82) is 0 Å². The number of carboxylic acids is 1. The molecule has 5 rings (SSSR count). The van der Waals surface area contributed by atoms with Crippen LogP contribution in [0.4, 0.5) is 4.39 Å². The van der Waals surface area contributed by atoms with Gasteiger partial charge in [-0.2, -0.15) is 5.10 Å². The molecule has 0 aliphatic carbocycles. The fraction of sp³-hybridized carbons (Fsp3) is 0.273. The Balaban J connectivity index is 1.62. The normalized spacial score (nSPS) is 17.4. The van der Waals surface area contributed by atoms with E-state index in [0.717, 1.165) is 25.2 Å². The van der Waals surface area contributed by atoms with Crippen LogP contribution in [-0.2, 0) is 26.9 Å². The highest BCUT2D eigenvalue weighted by Gasteiger charge is 2.38. The lowest BCUT2D eigenvalue weighted by Crippen LogP contribution is -2.35. The third-order valence-corrected chi connectivity index (χ3v) is 7.81. The minimum Gasteiger partial charge on any atom is -0.476 e. The highest BCUT2D eigenvalue weighted by molar-refractivity contribution is 7.91. The summed E-state index contributed by atoms with van der Waals surface area (Å²) in [5.41, 5.74) is 1.50. The number of halogens is 2. The van der Waals surface area contributed by atoms with Crippen LogP contribution in [0.5, 0.6) is 0 Å². The molecule has 0 amide bonds. The van der Waals surface area contributed by atoms with Crippen molar-refractivity contribution in [1.82, 2.24) is 14.7 Å². The average molecular weight is 492 g/mol. The minimum atomic E-state index is -4.15. The molecule has 11 heteroatoms. The molecule has 1 N–H and O–H groups in total. The number of carbonyl (C=O) groups is 1. The molecule has 0 unspecified atom stereocenters. The third-order valence-electron chi connectivity index (χ3n) is 5.83. The summed E-state index contributed by atoms with van der Waals surface area (Å²) >= 11 is 5.84. The van der Waals surface area contributed by atoms with Crippen LogP contribution in [0.25, 0.3) is 16.9 Å². The first-order chi connectivity index (χ1) is 15.8. The molecular formula is C22H19ClFN3O5S. The van der Waals surface area contributed by atoms with E-state index >= 15 is 0 Å². The summed E-state index contributed by atoms with van der Waals surface area (Å²) < 4.78 is 47.1. The second kappa shape index (κ2) is 8.21. The Morgan fingerprint density at radius 2 is 1.85 bits per heavy atom. The van der Waals surface area contributed by atoms with E-state index in [4.69, 9.17) is 16.3 Å². The van der Waals surface area contributed by atoms with Crippen molar-refractivity contribution in [3.63, 3.8) is 0 Å². The SMILES string of the molecule is O=C(O)c1nn(-c2ccc(CN3CCOCC3)cc2)c2c1CS(=O)(=O)c1c-2ccc(Cl)c1F. The van der Waals surface area contributed by atoms with Crippen molar-refractivity contribution in [2.24, 2.45) is 0 Å². The van der Waals surface area contributed by atoms with Gasteiger partial charge in [0.05, 0.1) is 35.4 Å². The monoisotopic (exact) mass is 491 g/mol. The molecule has 2 aliphatic rings. The number of sulfone groups is 1. The molecule has 33 heavy (non-hydrogen) atoms. The van der Waals surface area contributed by atoms with Gasteiger partial charge in [0.15, 0.2) is 21.3 Å². The lowest BCUT2D eigenvalue weighted by Gasteiger charge is -2.26. The molecule has 0 radical (unpaired) electrons. The zero-order valence-corrected chi connectivity index (χ0v) is 18.9. The standard InChI is InChI=1S/C22H19ClFN3O5S/c23-17-6-5-15-20-16(12-33(30,31)21(15)18(17)24)19(22(28)29)25-27(20)14-3-1-13(2-4-14)11-26-7-9-32-10-8-26/h1-6H,7-12H2,(H,28,29). The molecule has 0 atom stereocenters. The molecule has 3 aromatic rings. The summed E-state index contributed by atoms with van der Waals surface area (Å²) in [5, 5.41) is 13.5. The van der Waals surface area contributed by atoms with E-state index in [1.807, 2.05) is 12.1 Å². The van der Waals surface area contributed by atoms with Gasteiger partial charge in [-0.15, -0.1) is 0 Å². The largest absolute Gasteiger partial charge is 0.476 e. The fourth-order valence-electron chi connectivity index (χ4n) is 4.27. The first kappa shape index (κ1) is 22.0. The molecule has 3 heterocycles. The lowest BCUT2D eigenvalue weighted by atomic mass is 10.0. The maximum atomic E-state index is 14.8. The molecule has 0 bridgehead atoms. The quantitative estimate of drug-likeness (QED) is 0.598. The Kier molecular flexibility index (Phi) is 5.48. The van der Waals surface area contributed by atoms with Gasteiger partial charge in [-0.25, -0.2) is 22.3 Å². The van der Waals surface area contributed by atoms with Crippen LogP contribution in [-0.4, -0.2) is 60.5 Å². The van der Waals surface area contributed by atoms with Crippen molar-refractivity contribution in [2.75, 3.05) is 26.3 Å². The van der Waals surface area contributed by atoms with Crippen molar-refractivity contribution < 1.29 is 27.4 Å². The van der Waals surface area contributed by atoms with E-state index in [-0.39, 0.29) is 27.5 Å². The first-order valence-electron chi connectivity index (χ1n) is 10.2. The lowest BCUT2D eigenvalue weighted by molar-refractivity contribution is 0.0342. The second-order valence-electron chi connectivity index (χ2n) is 7.94. The third kappa shape index (κ3) is 3.82. The van der Waals surface area contributed by atoms with E-state index in [9.17, 15) is 22.7 Å². The molecular weight excluding hydrogens is 473 g/mol. The Hall–Kier alpha value is -2.79. The van der Waals surface area contributed by atoms with Crippen LogP contribution in [0.3, 0.4) is 0 Å². The fourth-order valence-corrected chi connectivity index (χ4v) is 6.16. The minimum absolute atomic E-state index is 0.0223. The second-order valence-corrected chi connectivity index (χ2v) is 10.3. The maximum absolute atomic E-state index is 14.8. The molecule has 1 fully saturated rings. The molecule has 0 spiro atoms. The highest BCUT2D eigenvalue weighted by Crippen LogP contribution is 2.43. The van der Waals surface area contributed by atoms with Gasteiger partial charge in [-0.1, -0.05) is 23.7 Å². The maximum Gasteiger partial charge on any atom is 0.356 e. The Bertz CT molecular complexity index is 1370. The van der Waals surface area contributed by atoms with Gasteiger partial charge in [-0.3, -0.25) is 4.90 Å². The molecule has 1 aromatic heterocycles. The van der Waals surface area contributed by atoms with E-state index in [1.165, 1.54) is 16.8 Å². The van der Waals surface area contributed by atoms with E-state index in [1.54, 1.807) is 12.1 Å². The number of morpholine rings is 1. The van der Waals surface area contributed by atoms with Crippen molar-refractivity contribution in [2.45, 2.75) is 17.2 Å². The van der Waals surface area contributed by atoms with Crippen LogP contribution >= 0.6 is 11.6 Å². The summed E-state index contributed by atoms with van der Waals surface area (Å²) in [6.07, 6.45) is 0. The first-order valence-corrected chi connectivity index (χ1v) is 12.2. The van der Waals surface area contributed by atoms with Crippen LogP contribution < -0.4 is 0 Å². The summed E-state index contributed by atoms with van der Waals surface area (Å²) in [6.45, 7) is 3.81. The number of carboxylic acid groups (broad SMARTS) is 1. The number of aromatic nitrogens is 2. The number of hydrogen-bond acceptors (Lipinski definition) is 6. The van der Waals surface area contributed by atoms with Gasteiger partial charge < -0.3 is 9.84 Å². The van der Waals surface area contributed by atoms with Gasteiger partial charge in [0.1, 0.15) is 4.90 Å². The Morgan fingerprint density at radius 1 is 1.15 bits per heavy atom. The summed E-state index contributed by atoms with van der Waals surface area (Å²) in [7, 11) is -4.15. The summed E-state index contributed by atoms with van der Waals surface area (Å²) in [4.78, 5) is 13.6. The van der Waals surface area contributed by atoms with E-state index in [2.05, 4.69) is 10.00 Å². The number of fused-ring (bicyclic) bond motifs is 3. The Morgan fingerprint density at radius 3 is 2.52 bits per heavy atom. The predicted octanol–water partition coefficient (Wildman–Crippen LogP) is 3.15. The molecule has 2 aliphatic heterocycles. The zero-order valence-electron chi connectivity index (χ0n) is 17.3. The molecule has 8 nitrogen and oxygen atoms in total. The van der Waals surface area contributed by atoms with Gasteiger partial charge in [0.2, 0.25) is 0 Å². The number of benzene rings is 2. The van der Waals surface area contributed by atoms with Crippen molar-refractivity contribution in [3.8, 4) is 16.9 Å². The average Bonchev–Trinajstić information content (AvgIpc) is 3.16. The smallest absolute Gasteiger partial charge is 0.356 e. The zero-order chi connectivity index (χ0) is 23.3. The molecule has 172 valence electrons. The summed E-state index contributed by atoms with van der Waals surface area (Å²) in [5.74, 6) is -3.09. The predicted molar refractivity (Wildman–Crippen MR) is 118 cm³/mol. The van der Waals surface area contributed by atoms with Gasteiger partial charge in [-0.05, 0) is 29.8 Å². The molecule has 2 aromatic carbocycles. The van der Waals surface area contributed by atoms with Crippen LogP contribution in [0.2, 0.25) is 5.02 Å². The molecule has 1 saturated heterocycles. The van der Waals surface area contributed by atoms with Crippen molar-refractivity contribution >= 4 is 27.4 Å². The van der Waals surface area contributed by atoms with Crippen LogP contribution in [0.15, 0.2) is 41.3 Å². The van der Waals surface area contributed by atoms with E-state index in [0.29, 0.717) is 18.9 Å². The topological polar surface area (TPSA) is 102 Å². The van der Waals surface area contributed by atoms with Gasteiger partial charge in [0, 0.05) is 30.8 Å². The van der Waals surface area contributed by atoms with Crippen LogP contribution in [0.1, 0.15) is 21.6 Å². The van der Waals surface area contributed by atoms with Gasteiger partial charge in [0.25, 0.3) is 0 Å². The van der Waals surface area contributed by atoms with E-state index < -0.39 is 32.3 Å². The van der Waals surface area contributed by atoms with Crippen LogP contribution in [0, 0.1) is 5.82 Å². The number of aromatic carboxylic acids is 1. The molecule has 0 saturated carbocycles. The highest BCUT2D eigenvalue weighted by atomic mass is 35.5.